The molecule has 0 heterocycles. The molecule has 5 heteroatoms. The van der Waals surface area contributed by atoms with Crippen molar-refractivity contribution in [2.75, 3.05) is 0 Å². The van der Waals surface area contributed by atoms with Gasteiger partial charge in [-0.2, -0.15) is 0 Å². The molecule has 0 aliphatic carbocycles. The minimum atomic E-state index is -0.682. The Hall–Kier alpha value is -1.91. The summed E-state index contributed by atoms with van der Waals surface area (Å²) in [5, 5.41) is 2.57. The first kappa shape index (κ1) is 14.2. The zero-order valence-electron chi connectivity index (χ0n) is 10.4. The first-order valence-corrected chi connectivity index (χ1v) is 5.73. The van der Waals surface area contributed by atoms with Crippen molar-refractivity contribution >= 4 is 11.8 Å². The van der Waals surface area contributed by atoms with Crippen LogP contribution < -0.4 is 11.1 Å². The molecule has 0 fully saturated rings. The van der Waals surface area contributed by atoms with E-state index in [2.05, 4.69) is 5.32 Å². The summed E-state index contributed by atoms with van der Waals surface area (Å²) in [7, 11) is 0. The Morgan fingerprint density at radius 1 is 1.28 bits per heavy atom. The van der Waals surface area contributed by atoms with E-state index >= 15 is 0 Å². The highest BCUT2D eigenvalue weighted by Crippen LogP contribution is 2.05. The van der Waals surface area contributed by atoms with Crippen molar-refractivity contribution in [1.29, 1.82) is 0 Å². The van der Waals surface area contributed by atoms with Crippen molar-refractivity contribution in [1.82, 2.24) is 5.32 Å². The second-order valence-electron chi connectivity index (χ2n) is 4.49. The molecule has 0 saturated carbocycles. The lowest BCUT2D eigenvalue weighted by molar-refractivity contribution is -0.127. The molecule has 0 aliphatic rings. The number of benzene rings is 1. The highest BCUT2D eigenvalue weighted by molar-refractivity contribution is 5.87. The van der Waals surface area contributed by atoms with Crippen LogP contribution in [0.2, 0.25) is 0 Å². The Balaban J connectivity index is 2.60. The quantitative estimate of drug-likeness (QED) is 0.820. The van der Waals surface area contributed by atoms with Gasteiger partial charge in [0.05, 0.1) is 6.42 Å². The molecule has 0 aromatic heterocycles. The number of halogens is 1. The van der Waals surface area contributed by atoms with Crippen molar-refractivity contribution in [2.45, 2.75) is 26.3 Å². The second-order valence-corrected chi connectivity index (χ2v) is 4.49. The molecule has 0 unspecified atom stereocenters. The summed E-state index contributed by atoms with van der Waals surface area (Å²) in [5.74, 6) is -1.28. The third-order valence-corrected chi connectivity index (χ3v) is 2.57. The van der Waals surface area contributed by atoms with Crippen molar-refractivity contribution in [2.24, 2.45) is 11.7 Å². The van der Waals surface area contributed by atoms with Crippen LogP contribution >= 0.6 is 0 Å². The summed E-state index contributed by atoms with van der Waals surface area (Å²) in [5.41, 5.74) is 5.88. The molecule has 0 aliphatic heterocycles. The van der Waals surface area contributed by atoms with E-state index in [-0.39, 0.29) is 24.1 Å². The van der Waals surface area contributed by atoms with Crippen LogP contribution in [0.4, 0.5) is 4.39 Å². The molecule has 1 aromatic carbocycles. The van der Waals surface area contributed by atoms with Crippen LogP contribution in [-0.4, -0.2) is 17.9 Å². The molecule has 0 saturated heterocycles. The number of nitrogens with one attached hydrogen (secondary N) is 1. The predicted molar refractivity (Wildman–Crippen MR) is 66.1 cm³/mol. The minimum Gasteiger partial charge on any atom is -0.368 e. The number of hydrogen-bond acceptors (Lipinski definition) is 2. The van der Waals surface area contributed by atoms with E-state index in [9.17, 15) is 14.0 Å². The molecular weight excluding hydrogens is 235 g/mol. The van der Waals surface area contributed by atoms with Gasteiger partial charge in [0.15, 0.2) is 0 Å². The van der Waals surface area contributed by atoms with Crippen LogP contribution in [0.5, 0.6) is 0 Å². The fraction of sp³-hybridized carbons (Fsp3) is 0.385. The highest BCUT2D eigenvalue weighted by atomic mass is 19.1. The standard InChI is InChI=1S/C13H17FN2O2/c1-8(2)12(13(15)18)16-11(17)7-9-3-5-10(14)6-4-9/h3-6,8,12H,7H2,1-2H3,(H2,15,18)(H,16,17)/t12-/m1/s1. The highest BCUT2D eigenvalue weighted by Gasteiger charge is 2.21. The molecular formula is C13H17FN2O2. The van der Waals surface area contributed by atoms with Gasteiger partial charge >= 0.3 is 0 Å². The molecule has 2 amide bonds. The number of nitrogens with two attached hydrogens (primary N) is 1. The van der Waals surface area contributed by atoms with Gasteiger partial charge < -0.3 is 11.1 Å². The van der Waals surface area contributed by atoms with Crippen molar-refractivity contribution in [3.63, 3.8) is 0 Å². The molecule has 1 rings (SSSR count). The molecule has 0 bridgehead atoms. The number of amides is 2. The van der Waals surface area contributed by atoms with Gasteiger partial charge in [0.2, 0.25) is 11.8 Å². The van der Waals surface area contributed by atoms with E-state index < -0.39 is 11.9 Å². The largest absolute Gasteiger partial charge is 0.368 e. The van der Waals surface area contributed by atoms with Gasteiger partial charge in [0.25, 0.3) is 0 Å². The Bertz CT molecular complexity index is 429. The van der Waals surface area contributed by atoms with Gasteiger partial charge in [-0.25, -0.2) is 4.39 Å². The van der Waals surface area contributed by atoms with Crippen LogP contribution in [0, 0.1) is 11.7 Å². The molecule has 4 nitrogen and oxygen atoms in total. The van der Waals surface area contributed by atoms with Crippen LogP contribution in [0.25, 0.3) is 0 Å². The van der Waals surface area contributed by atoms with Gasteiger partial charge in [-0.05, 0) is 23.6 Å². The number of rotatable bonds is 5. The normalized spacial score (nSPS) is 12.2. The van der Waals surface area contributed by atoms with Gasteiger partial charge in [-0.1, -0.05) is 26.0 Å². The maximum atomic E-state index is 12.7. The Morgan fingerprint density at radius 2 is 1.83 bits per heavy atom. The average Bonchev–Trinajstić information content (AvgIpc) is 2.28. The van der Waals surface area contributed by atoms with Crippen LogP contribution in [0.3, 0.4) is 0 Å². The Kier molecular flexibility index (Phi) is 4.83. The minimum absolute atomic E-state index is 0.0698. The summed E-state index contributed by atoms with van der Waals surface area (Å²) < 4.78 is 12.7. The zero-order chi connectivity index (χ0) is 13.7. The molecule has 98 valence electrons. The van der Waals surface area contributed by atoms with E-state index in [0.717, 1.165) is 0 Å². The van der Waals surface area contributed by atoms with Gasteiger partial charge in [0, 0.05) is 0 Å². The first-order chi connectivity index (χ1) is 8.40. The summed E-state index contributed by atoms with van der Waals surface area (Å²) >= 11 is 0. The lowest BCUT2D eigenvalue weighted by atomic mass is 10.0. The topological polar surface area (TPSA) is 72.2 Å². The Labute approximate surface area is 105 Å². The molecule has 1 aromatic rings. The summed E-state index contributed by atoms with van der Waals surface area (Å²) in [6, 6.07) is 4.96. The molecule has 18 heavy (non-hydrogen) atoms. The average molecular weight is 252 g/mol. The first-order valence-electron chi connectivity index (χ1n) is 5.73. The predicted octanol–water partition coefficient (Wildman–Crippen LogP) is 0.994. The van der Waals surface area contributed by atoms with E-state index in [1.807, 2.05) is 0 Å². The van der Waals surface area contributed by atoms with E-state index in [1.54, 1.807) is 13.8 Å². The fourth-order valence-electron chi connectivity index (χ4n) is 1.58. The molecule has 0 spiro atoms. The van der Waals surface area contributed by atoms with E-state index in [4.69, 9.17) is 5.73 Å². The summed E-state index contributed by atoms with van der Waals surface area (Å²) in [6.07, 6.45) is 0.0940. The maximum absolute atomic E-state index is 12.7. The summed E-state index contributed by atoms with van der Waals surface area (Å²) in [6.45, 7) is 3.60. The third kappa shape index (κ3) is 4.16. The maximum Gasteiger partial charge on any atom is 0.240 e. The zero-order valence-corrected chi connectivity index (χ0v) is 10.4. The van der Waals surface area contributed by atoms with Crippen LogP contribution in [-0.2, 0) is 16.0 Å². The van der Waals surface area contributed by atoms with Gasteiger partial charge in [-0.15, -0.1) is 0 Å². The number of carbonyl (C=O) groups is 2. The van der Waals surface area contributed by atoms with Crippen LogP contribution in [0.15, 0.2) is 24.3 Å². The number of hydrogen-bond donors (Lipinski definition) is 2. The lowest BCUT2D eigenvalue weighted by Gasteiger charge is -2.18. The lowest BCUT2D eigenvalue weighted by Crippen LogP contribution is -2.48. The summed E-state index contributed by atoms with van der Waals surface area (Å²) in [4.78, 5) is 22.8. The van der Waals surface area contributed by atoms with E-state index in [0.29, 0.717) is 5.56 Å². The van der Waals surface area contributed by atoms with Gasteiger partial charge in [-0.3, -0.25) is 9.59 Å². The molecule has 0 radical (unpaired) electrons. The molecule has 3 N–H and O–H groups in total. The van der Waals surface area contributed by atoms with Gasteiger partial charge in [0.1, 0.15) is 11.9 Å². The SMILES string of the molecule is CC(C)[C@@H](NC(=O)Cc1ccc(F)cc1)C(N)=O. The fourth-order valence-corrected chi connectivity index (χ4v) is 1.58. The Morgan fingerprint density at radius 3 is 2.28 bits per heavy atom. The monoisotopic (exact) mass is 252 g/mol. The number of carbonyl (C=O) groups excluding carboxylic acids is 2. The van der Waals surface area contributed by atoms with Crippen molar-refractivity contribution in [3.05, 3.63) is 35.6 Å². The van der Waals surface area contributed by atoms with E-state index in [1.165, 1.54) is 24.3 Å². The second kappa shape index (κ2) is 6.14. The van der Waals surface area contributed by atoms with Crippen LogP contribution in [0.1, 0.15) is 19.4 Å². The van der Waals surface area contributed by atoms with Crippen molar-refractivity contribution < 1.29 is 14.0 Å². The smallest absolute Gasteiger partial charge is 0.240 e. The third-order valence-electron chi connectivity index (χ3n) is 2.57. The van der Waals surface area contributed by atoms with Crippen molar-refractivity contribution in [3.8, 4) is 0 Å². The molecule has 1 atom stereocenters. The number of primary amides is 1.